The Hall–Kier alpha value is -1.29. The minimum absolute atomic E-state index is 0.0416. The smallest absolute Gasteiger partial charge is 0.313 e. The van der Waals surface area contributed by atoms with E-state index in [1.165, 1.54) is 7.11 Å². The number of ether oxygens (including phenoxy) is 1. The average Bonchev–Trinajstić information content (AvgIpc) is 2.75. The van der Waals surface area contributed by atoms with E-state index in [1.807, 2.05) is 25.5 Å². The van der Waals surface area contributed by atoms with Crippen molar-refractivity contribution in [3.05, 3.63) is 24.0 Å². The van der Waals surface area contributed by atoms with Crippen LogP contribution in [-0.2, 0) is 9.53 Å². The summed E-state index contributed by atoms with van der Waals surface area (Å²) in [6, 6.07) is 2.05. The van der Waals surface area contributed by atoms with E-state index in [2.05, 4.69) is 10.3 Å². The Kier molecular flexibility index (Phi) is 3.01. The largest absolute Gasteiger partial charge is 0.469 e. The molecular weight excluding hydrogens is 204 g/mol. The summed E-state index contributed by atoms with van der Waals surface area (Å²) in [6.07, 6.45) is 6.71. The molecule has 1 fully saturated rings. The molecule has 1 aromatic heterocycles. The molecule has 4 heteroatoms. The molecule has 1 aromatic rings. The summed E-state index contributed by atoms with van der Waals surface area (Å²) in [4.78, 5) is 15.0. The monoisotopic (exact) mass is 222 g/mol. The summed E-state index contributed by atoms with van der Waals surface area (Å²) in [5.41, 5.74) is 0.749. The van der Waals surface area contributed by atoms with Crippen LogP contribution in [0.5, 0.6) is 0 Å². The van der Waals surface area contributed by atoms with Crippen molar-refractivity contribution in [1.29, 1.82) is 0 Å². The van der Waals surface area contributed by atoms with E-state index in [1.54, 1.807) is 0 Å². The van der Waals surface area contributed by atoms with Crippen LogP contribution < -0.4 is 5.32 Å². The van der Waals surface area contributed by atoms with Crippen LogP contribution in [0.4, 0.5) is 0 Å². The van der Waals surface area contributed by atoms with Crippen LogP contribution in [-0.4, -0.2) is 25.1 Å². The molecule has 0 spiro atoms. The number of nitrogens with one attached hydrogen (secondary N) is 2. The van der Waals surface area contributed by atoms with Crippen LogP contribution in [0.3, 0.4) is 0 Å². The van der Waals surface area contributed by atoms with Crippen molar-refractivity contribution >= 4 is 5.97 Å². The molecule has 16 heavy (non-hydrogen) atoms. The van der Waals surface area contributed by atoms with Crippen molar-refractivity contribution in [2.45, 2.75) is 25.3 Å². The van der Waals surface area contributed by atoms with Crippen LogP contribution in [0.25, 0.3) is 0 Å². The molecule has 0 amide bonds. The minimum atomic E-state index is -0.369. The van der Waals surface area contributed by atoms with Gasteiger partial charge in [0, 0.05) is 18.4 Å². The quantitative estimate of drug-likeness (QED) is 0.761. The van der Waals surface area contributed by atoms with E-state index >= 15 is 0 Å². The Labute approximate surface area is 95.4 Å². The van der Waals surface area contributed by atoms with Crippen molar-refractivity contribution in [1.82, 2.24) is 10.3 Å². The van der Waals surface area contributed by atoms with Gasteiger partial charge in [-0.1, -0.05) is 6.42 Å². The highest BCUT2D eigenvalue weighted by Gasteiger charge is 2.51. The third kappa shape index (κ3) is 1.53. The molecule has 1 aliphatic rings. The SMILES string of the molecule is CNC(c1cc[nH]c1)C1(C(=O)OC)CCC1. The molecule has 0 saturated heterocycles. The van der Waals surface area contributed by atoms with Gasteiger partial charge < -0.3 is 15.0 Å². The van der Waals surface area contributed by atoms with Crippen LogP contribution in [0.1, 0.15) is 30.9 Å². The van der Waals surface area contributed by atoms with Crippen LogP contribution in [0.2, 0.25) is 0 Å². The van der Waals surface area contributed by atoms with E-state index < -0.39 is 0 Å². The normalized spacial score (nSPS) is 19.9. The van der Waals surface area contributed by atoms with Crippen molar-refractivity contribution in [2.24, 2.45) is 5.41 Å². The topological polar surface area (TPSA) is 54.1 Å². The van der Waals surface area contributed by atoms with Crippen LogP contribution >= 0.6 is 0 Å². The fourth-order valence-corrected chi connectivity index (χ4v) is 2.65. The number of carbonyl (C=O) groups is 1. The molecule has 0 bridgehead atoms. The van der Waals surface area contributed by atoms with E-state index in [-0.39, 0.29) is 17.4 Å². The molecule has 0 aromatic carbocycles. The van der Waals surface area contributed by atoms with Gasteiger partial charge in [-0.2, -0.15) is 0 Å². The molecular formula is C12H18N2O2. The van der Waals surface area contributed by atoms with Crippen LogP contribution in [0.15, 0.2) is 18.5 Å². The molecule has 1 saturated carbocycles. The molecule has 1 unspecified atom stereocenters. The summed E-state index contributed by atoms with van der Waals surface area (Å²) >= 11 is 0. The average molecular weight is 222 g/mol. The Morgan fingerprint density at radius 3 is 2.75 bits per heavy atom. The maximum absolute atomic E-state index is 11.9. The zero-order chi connectivity index (χ0) is 11.6. The number of H-pyrrole nitrogens is 1. The van der Waals surface area contributed by atoms with Gasteiger partial charge in [0.1, 0.15) is 0 Å². The lowest BCUT2D eigenvalue weighted by molar-refractivity contribution is -0.161. The summed E-state index contributed by atoms with van der Waals surface area (Å²) in [7, 11) is 3.35. The van der Waals surface area contributed by atoms with Gasteiger partial charge in [-0.25, -0.2) is 0 Å². The molecule has 0 radical (unpaired) electrons. The van der Waals surface area contributed by atoms with Crippen molar-refractivity contribution < 1.29 is 9.53 Å². The van der Waals surface area contributed by atoms with Gasteiger partial charge in [-0.3, -0.25) is 4.79 Å². The van der Waals surface area contributed by atoms with Gasteiger partial charge in [0.25, 0.3) is 0 Å². The number of aromatic nitrogens is 1. The summed E-state index contributed by atoms with van der Waals surface area (Å²) in [6.45, 7) is 0. The molecule has 1 atom stereocenters. The number of carbonyl (C=O) groups excluding carboxylic acids is 1. The number of aromatic amines is 1. The van der Waals surface area contributed by atoms with Gasteiger partial charge >= 0.3 is 5.97 Å². The Morgan fingerprint density at radius 1 is 1.62 bits per heavy atom. The van der Waals surface area contributed by atoms with Crippen LogP contribution in [0, 0.1) is 5.41 Å². The number of esters is 1. The first-order chi connectivity index (χ1) is 7.74. The second-order valence-electron chi connectivity index (χ2n) is 4.37. The number of hydrogen-bond acceptors (Lipinski definition) is 3. The lowest BCUT2D eigenvalue weighted by Gasteiger charge is -2.44. The van der Waals surface area contributed by atoms with E-state index in [0.717, 1.165) is 24.8 Å². The Morgan fingerprint density at radius 2 is 2.38 bits per heavy atom. The summed E-state index contributed by atoms with van der Waals surface area (Å²) in [5.74, 6) is -0.0979. The summed E-state index contributed by atoms with van der Waals surface area (Å²) < 4.78 is 4.95. The molecule has 1 heterocycles. The van der Waals surface area contributed by atoms with Crippen molar-refractivity contribution in [3.8, 4) is 0 Å². The Balaban J connectivity index is 2.28. The highest BCUT2D eigenvalue weighted by Crippen LogP contribution is 2.50. The van der Waals surface area contributed by atoms with Crippen molar-refractivity contribution in [3.63, 3.8) is 0 Å². The lowest BCUT2D eigenvalue weighted by atomic mass is 9.62. The molecule has 4 nitrogen and oxygen atoms in total. The molecule has 2 N–H and O–H groups in total. The predicted molar refractivity (Wildman–Crippen MR) is 60.9 cm³/mol. The zero-order valence-electron chi connectivity index (χ0n) is 9.75. The first-order valence-corrected chi connectivity index (χ1v) is 5.63. The van der Waals surface area contributed by atoms with Gasteiger partial charge in [-0.15, -0.1) is 0 Å². The highest BCUT2D eigenvalue weighted by molar-refractivity contribution is 5.79. The van der Waals surface area contributed by atoms with E-state index in [9.17, 15) is 4.79 Å². The third-order valence-corrected chi connectivity index (χ3v) is 3.63. The highest BCUT2D eigenvalue weighted by atomic mass is 16.5. The standard InChI is InChI=1S/C12H18N2O2/c1-13-10(9-4-7-14-8-9)12(5-3-6-12)11(15)16-2/h4,7-8,10,13-14H,3,5-6H2,1-2H3. The Bertz CT molecular complexity index is 355. The number of hydrogen-bond donors (Lipinski definition) is 2. The number of rotatable bonds is 4. The predicted octanol–water partition coefficient (Wildman–Crippen LogP) is 1.62. The maximum Gasteiger partial charge on any atom is 0.313 e. The van der Waals surface area contributed by atoms with E-state index in [4.69, 9.17) is 4.74 Å². The molecule has 0 aliphatic heterocycles. The second-order valence-corrected chi connectivity index (χ2v) is 4.37. The second kappa shape index (κ2) is 4.29. The minimum Gasteiger partial charge on any atom is -0.469 e. The third-order valence-electron chi connectivity index (χ3n) is 3.63. The van der Waals surface area contributed by atoms with Gasteiger partial charge in [0.15, 0.2) is 0 Å². The fourth-order valence-electron chi connectivity index (χ4n) is 2.65. The van der Waals surface area contributed by atoms with Gasteiger partial charge in [0.2, 0.25) is 0 Å². The van der Waals surface area contributed by atoms with Gasteiger partial charge in [0.05, 0.1) is 12.5 Å². The first-order valence-electron chi connectivity index (χ1n) is 5.63. The van der Waals surface area contributed by atoms with E-state index in [0.29, 0.717) is 0 Å². The maximum atomic E-state index is 11.9. The zero-order valence-corrected chi connectivity index (χ0v) is 9.75. The van der Waals surface area contributed by atoms with Gasteiger partial charge in [-0.05, 0) is 31.5 Å². The fraction of sp³-hybridized carbons (Fsp3) is 0.583. The van der Waals surface area contributed by atoms with Crippen molar-refractivity contribution in [2.75, 3.05) is 14.2 Å². The number of methoxy groups -OCH3 is 1. The lowest BCUT2D eigenvalue weighted by Crippen LogP contribution is -2.48. The first kappa shape index (κ1) is 11.2. The molecule has 2 rings (SSSR count). The molecule has 88 valence electrons. The molecule has 1 aliphatic carbocycles. The summed E-state index contributed by atoms with van der Waals surface area (Å²) in [5, 5.41) is 3.24.